The van der Waals surface area contributed by atoms with Gasteiger partial charge in [0, 0.05) is 6.07 Å². The topological polar surface area (TPSA) is 93.8 Å². The van der Waals surface area contributed by atoms with E-state index in [4.69, 9.17) is 4.74 Å². The lowest BCUT2D eigenvalue weighted by molar-refractivity contribution is -0.384. The monoisotopic (exact) mass is 345 g/mol. The number of nitrogens with zero attached hydrogens (tertiary/aromatic N) is 2. The van der Waals surface area contributed by atoms with Crippen LogP contribution in [0.15, 0.2) is 53.5 Å². The van der Waals surface area contributed by atoms with Crippen LogP contribution >= 0.6 is 11.3 Å². The van der Waals surface area contributed by atoms with Gasteiger partial charge in [0.2, 0.25) is 0 Å². The van der Waals surface area contributed by atoms with Gasteiger partial charge in [0.15, 0.2) is 6.61 Å². The third-order valence-corrected chi connectivity index (χ3v) is 3.75. The molecule has 8 heteroatoms. The van der Waals surface area contributed by atoms with Crippen molar-refractivity contribution in [3.05, 3.63) is 68.9 Å². The van der Waals surface area contributed by atoms with Crippen LogP contribution in [0.4, 0.5) is 5.69 Å². The number of nitro groups is 1. The average Bonchev–Trinajstić information content (AvgIpc) is 3.03. The molecule has 1 N–H and O–H groups in total. The van der Waals surface area contributed by atoms with Gasteiger partial charge in [0.05, 0.1) is 21.4 Å². The normalized spacial score (nSPS) is 10.5. The summed E-state index contributed by atoms with van der Waals surface area (Å²) in [7, 11) is 0. The first-order valence-electron chi connectivity index (χ1n) is 6.96. The summed E-state index contributed by atoms with van der Waals surface area (Å²) in [5.74, 6) is 0.191. The molecule has 124 valence electrons. The van der Waals surface area contributed by atoms with Crippen molar-refractivity contribution in [2.75, 3.05) is 6.61 Å². The van der Waals surface area contributed by atoms with E-state index in [-0.39, 0.29) is 12.3 Å². The minimum atomic E-state index is -0.485. The minimum Gasteiger partial charge on any atom is -0.483 e. The molecule has 0 radical (unpaired) electrons. The van der Waals surface area contributed by atoms with Crippen molar-refractivity contribution in [1.29, 1.82) is 0 Å². The molecule has 2 aromatic rings. The highest BCUT2D eigenvalue weighted by Crippen LogP contribution is 2.19. The zero-order valence-corrected chi connectivity index (χ0v) is 13.5. The molecule has 1 aromatic carbocycles. The number of thiophene rings is 1. The Labute approximate surface area is 142 Å². The Morgan fingerprint density at radius 2 is 2.25 bits per heavy atom. The molecule has 1 amide bonds. The van der Waals surface area contributed by atoms with Gasteiger partial charge in [0.25, 0.3) is 11.6 Å². The molecule has 0 spiro atoms. The van der Waals surface area contributed by atoms with Crippen LogP contribution in [-0.4, -0.2) is 23.7 Å². The predicted octanol–water partition coefficient (Wildman–Crippen LogP) is 2.91. The van der Waals surface area contributed by atoms with Crippen molar-refractivity contribution < 1.29 is 14.5 Å². The van der Waals surface area contributed by atoms with E-state index < -0.39 is 10.8 Å². The van der Waals surface area contributed by atoms with Crippen LogP contribution in [0.3, 0.4) is 0 Å². The van der Waals surface area contributed by atoms with Crippen LogP contribution in [0.5, 0.6) is 5.75 Å². The van der Waals surface area contributed by atoms with Crippen molar-refractivity contribution in [2.45, 2.75) is 6.42 Å². The third-order valence-electron chi connectivity index (χ3n) is 2.89. The Balaban J connectivity index is 1.84. The van der Waals surface area contributed by atoms with Crippen LogP contribution in [0, 0.1) is 10.1 Å². The maximum Gasteiger partial charge on any atom is 0.280 e. The standard InChI is InChI=1S/C16H15N3O4S/c1-2-5-12-6-3-4-7-15(12)23-10-16(20)18-17-9-14-8-13(11-24-14)19(21)22/h2-4,6-9,11H,1,5,10H2,(H,18,20)/b17-9-. The molecule has 0 atom stereocenters. The van der Waals surface area contributed by atoms with Gasteiger partial charge in [0.1, 0.15) is 5.75 Å². The highest BCUT2D eigenvalue weighted by atomic mass is 32.1. The molecule has 0 aliphatic rings. The molecule has 1 heterocycles. The summed E-state index contributed by atoms with van der Waals surface area (Å²) in [5.41, 5.74) is 3.25. The number of carbonyl (C=O) groups is 1. The number of ether oxygens (including phenoxy) is 1. The summed E-state index contributed by atoms with van der Waals surface area (Å²) >= 11 is 1.16. The molecule has 0 bridgehead atoms. The smallest absolute Gasteiger partial charge is 0.280 e. The second kappa shape index (κ2) is 8.59. The van der Waals surface area contributed by atoms with E-state index in [0.29, 0.717) is 17.0 Å². The molecule has 0 aliphatic heterocycles. The summed E-state index contributed by atoms with van der Waals surface area (Å²) in [6.45, 7) is 3.49. The molecule has 0 aliphatic carbocycles. The van der Waals surface area contributed by atoms with Crippen molar-refractivity contribution in [1.82, 2.24) is 5.43 Å². The zero-order valence-electron chi connectivity index (χ0n) is 12.7. The van der Waals surface area contributed by atoms with Crippen molar-refractivity contribution in [3.63, 3.8) is 0 Å². The fourth-order valence-electron chi connectivity index (χ4n) is 1.82. The van der Waals surface area contributed by atoms with Gasteiger partial charge in [-0.25, -0.2) is 5.43 Å². The molecule has 0 fully saturated rings. The maximum absolute atomic E-state index is 11.7. The number of carbonyl (C=O) groups excluding carboxylic acids is 1. The number of nitrogens with one attached hydrogen (secondary N) is 1. The second-order valence-corrected chi connectivity index (χ2v) is 5.59. The van der Waals surface area contributed by atoms with Gasteiger partial charge < -0.3 is 4.74 Å². The fraction of sp³-hybridized carbons (Fsp3) is 0.125. The van der Waals surface area contributed by atoms with Crippen LogP contribution in [0.2, 0.25) is 0 Å². The van der Waals surface area contributed by atoms with Crippen molar-refractivity contribution in [3.8, 4) is 5.75 Å². The molecule has 1 aromatic heterocycles. The number of amides is 1. The maximum atomic E-state index is 11.7. The van der Waals surface area contributed by atoms with Crippen LogP contribution in [0.25, 0.3) is 0 Å². The number of para-hydroxylation sites is 1. The van der Waals surface area contributed by atoms with Gasteiger partial charge >= 0.3 is 0 Å². The highest BCUT2D eigenvalue weighted by molar-refractivity contribution is 7.12. The van der Waals surface area contributed by atoms with Crippen molar-refractivity contribution in [2.24, 2.45) is 5.10 Å². The highest BCUT2D eigenvalue weighted by Gasteiger charge is 2.08. The van der Waals surface area contributed by atoms with E-state index in [1.165, 1.54) is 17.7 Å². The molecule has 24 heavy (non-hydrogen) atoms. The lowest BCUT2D eigenvalue weighted by Crippen LogP contribution is -2.24. The van der Waals surface area contributed by atoms with E-state index in [2.05, 4.69) is 17.1 Å². The predicted molar refractivity (Wildman–Crippen MR) is 92.5 cm³/mol. The van der Waals surface area contributed by atoms with E-state index in [1.807, 2.05) is 18.2 Å². The second-order valence-electron chi connectivity index (χ2n) is 4.65. The summed E-state index contributed by atoms with van der Waals surface area (Å²) in [4.78, 5) is 22.4. The first-order valence-corrected chi connectivity index (χ1v) is 7.84. The summed E-state index contributed by atoms with van der Waals surface area (Å²) in [6, 6.07) is 8.76. The number of allylic oxidation sites excluding steroid dienone is 1. The quantitative estimate of drug-likeness (QED) is 0.344. The first kappa shape index (κ1) is 17.4. The van der Waals surface area contributed by atoms with Gasteiger partial charge in [-0.3, -0.25) is 14.9 Å². The van der Waals surface area contributed by atoms with E-state index in [9.17, 15) is 14.9 Å². The number of hydrogen-bond acceptors (Lipinski definition) is 6. The van der Waals surface area contributed by atoms with E-state index in [1.54, 1.807) is 12.1 Å². The Hall–Kier alpha value is -3.00. The van der Waals surface area contributed by atoms with Crippen molar-refractivity contribution >= 4 is 29.1 Å². The van der Waals surface area contributed by atoms with Crippen LogP contribution in [-0.2, 0) is 11.2 Å². The van der Waals surface area contributed by atoms with Gasteiger partial charge in [-0.2, -0.15) is 5.10 Å². The number of hydrazone groups is 1. The minimum absolute atomic E-state index is 0.00469. The molecule has 7 nitrogen and oxygen atoms in total. The third kappa shape index (κ3) is 5.03. The summed E-state index contributed by atoms with van der Waals surface area (Å²) < 4.78 is 5.47. The average molecular weight is 345 g/mol. The van der Waals surface area contributed by atoms with Gasteiger partial charge in [-0.15, -0.1) is 17.9 Å². The summed E-state index contributed by atoms with van der Waals surface area (Å²) in [5, 5.41) is 15.7. The summed E-state index contributed by atoms with van der Waals surface area (Å²) in [6.07, 6.45) is 3.75. The zero-order chi connectivity index (χ0) is 17.4. The largest absolute Gasteiger partial charge is 0.483 e. The fourth-order valence-corrected chi connectivity index (χ4v) is 2.53. The molecule has 0 saturated heterocycles. The van der Waals surface area contributed by atoms with Gasteiger partial charge in [-0.05, 0) is 18.1 Å². The number of hydrogen-bond donors (Lipinski definition) is 1. The molecule has 0 unspecified atom stereocenters. The Morgan fingerprint density at radius 3 is 2.96 bits per heavy atom. The lowest BCUT2D eigenvalue weighted by atomic mass is 10.1. The Kier molecular flexibility index (Phi) is 6.21. The van der Waals surface area contributed by atoms with E-state index >= 15 is 0 Å². The Morgan fingerprint density at radius 1 is 1.46 bits per heavy atom. The Bertz CT molecular complexity index is 770. The first-order chi connectivity index (χ1) is 11.6. The lowest BCUT2D eigenvalue weighted by Gasteiger charge is -2.09. The van der Waals surface area contributed by atoms with E-state index in [0.717, 1.165) is 16.9 Å². The molecule has 0 saturated carbocycles. The molecule has 2 rings (SSSR count). The number of rotatable bonds is 8. The number of benzene rings is 1. The molecular weight excluding hydrogens is 330 g/mol. The van der Waals surface area contributed by atoms with Crippen LogP contribution in [0.1, 0.15) is 10.4 Å². The SMILES string of the molecule is C=CCc1ccccc1OCC(=O)N/N=C\c1cc([N+](=O)[O-])cs1. The van der Waals surface area contributed by atoms with Gasteiger partial charge in [-0.1, -0.05) is 24.3 Å². The van der Waals surface area contributed by atoms with Crippen LogP contribution < -0.4 is 10.2 Å². The molecular formula is C16H15N3O4S.